The quantitative estimate of drug-likeness (QED) is 0.365. The van der Waals surface area contributed by atoms with E-state index >= 15 is 0 Å². The molecule has 0 atom stereocenters. The maximum absolute atomic E-state index is 14.2. The van der Waals surface area contributed by atoms with Crippen molar-refractivity contribution in [2.75, 3.05) is 12.0 Å². The highest BCUT2D eigenvalue weighted by atomic mass is 79.9. The number of urea groups is 1. The average Bonchev–Trinajstić information content (AvgIpc) is 2.77. The fourth-order valence-corrected chi connectivity index (χ4v) is 2.27. The number of anilines is 1. The molecule has 3 amide bonds. The summed E-state index contributed by atoms with van der Waals surface area (Å²) in [6, 6.07) is 1.24. The summed E-state index contributed by atoms with van der Waals surface area (Å²) in [6.07, 6.45) is -1.02. The lowest BCUT2D eigenvalue weighted by Gasteiger charge is -2.15. The number of hydrogen-bond donors (Lipinski definition) is 1. The summed E-state index contributed by atoms with van der Waals surface area (Å²) >= 11 is 3.03. The Balaban J connectivity index is 2.49. The molecule has 1 aliphatic heterocycles. The van der Waals surface area contributed by atoms with E-state index in [1.165, 1.54) is 0 Å². The molecule has 1 aliphatic rings. The molecule has 1 N–H and O–H groups in total. The van der Waals surface area contributed by atoms with E-state index in [9.17, 15) is 18.8 Å². The van der Waals surface area contributed by atoms with Gasteiger partial charge in [0.25, 0.3) is 5.91 Å². The molecule has 9 heteroatoms. The SMILES string of the molecule is COC(=O)Oc1cc(N2C(=O)NC(=C(C)C)C2=O)c(F)cc1Br. The molecule has 23 heavy (non-hydrogen) atoms. The summed E-state index contributed by atoms with van der Waals surface area (Å²) in [5, 5.41) is 2.37. The van der Waals surface area contributed by atoms with Gasteiger partial charge in [-0.05, 0) is 41.4 Å². The van der Waals surface area contributed by atoms with Gasteiger partial charge in [-0.3, -0.25) is 4.79 Å². The first-order chi connectivity index (χ1) is 10.8. The van der Waals surface area contributed by atoms with Gasteiger partial charge in [-0.2, -0.15) is 0 Å². The first kappa shape index (κ1) is 16.9. The molecule has 7 nitrogen and oxygen atoms in total. The highest BCUT2D eigenvalue weighted by Gasteiger charge is 2.37. The fraction of sp³-hybridized carbons (Fsp3) is 0.214. The van der Waals surface area contributed by atoms with Crippen LogP contribution in [0.15, 0.2) is 27.9 Å². The van der Waals surface area contributed by atoms with Gasteiger partial charge in [-0.25, -0.2) is 18.9 Å². The predicted octanol–water partition coefficient (Wildman–Crippen LogP) is 3.08. The van der Waals surface area contributed by atoms with Crippen LogP contribution in [-0.4, -0.2) is 25.2 Å². The number of carbonyl (C=O) groups is 3. The van der Waals surface area contributed by atoms with Crippen LogP contribution < -0.4 is 15.0 Å². The molecule has 2 rings (SSSR count). The van der Waals surface area contributed by atoms with E-state index in [0.29, 0.717) is 10.5 Å². The monoisotopic (exact) mass is 386 g/mol. The highest BCUT2D eigenvalue weighted by Crippen LogP contribution is 2.35. The number of nitrogens with one attached hydrogen (secondary N) is 1. The minimum Gasteiger partial charge on any atom is -0.437 e. The third kappa shape index (κ3) is 3.19. The minimum atomic E-state index is -1.02. The van der Waals surface area contributed by atoms with Crippen LogP contribution in [0.25, 0.3) is 0 Å². The molecule has 0 saturated carbocycles. The highest BCUT2D eigenvalue weighted by molar-refractivity contribution is 9.10. The summed E-state index contributed by atoms with van der Waals surface area (Å²) in [5.74, 6) is -1.63. The standard InChI is InChI=1S/C14H12BrFN2O5/c1-6(2)11-12(19)18(13(20)17-11)9-5-10(23-14(21)22-3)7(15)4-8(9)16/h4-5H,1-3H3,(H,17,20). The number of halogens is 2. The second-order valence-corrected chi connectivity index (χ2v) is 5.59. The molecule has 1 aromatic carbocycles. The van der Waals surface area contributed by atoms with Crippen LogP contribution in [0.1, 0.15) is 13.8 Å². The van der Waals surface area contributed by atoms with E-state index in [-0.39, 0.29) is 21.6 Å². The molecule has 0 aliphatic carbocycles. The molecule has 1 heterocycles. The zero-order valence-electron chi connectivity index (χ0n) is 12.4. The van der Waals surface area contributed by atoms with E-state index in [4.69, 9.17) is 4.74 Å². The van der Waals surface area contributed by atoms with Gasteiger partial charge in [0.05, 0.1) is 17.3 Å². The Morgan fingerprint density at radius 1 is 1.30 bits per heavy atom. The molecule has 0 radical (unpaired) electrons. The number of benzene rings is 1. The molecule has 1 aromatic rings. The largest absolute Gasteiger partial charge is 0.513 e. The zero-order valence-corrected chi connectivity index (χ0v) is 14.0. The van der Waals surface area contributed by atoms with Crippen molar-refractivity contribution in [3.63, 3.8) is 0 Å². The Morgan fingerprint density at radius 2 is 1.96 bits per heavy atom. The van der Waals surface area contributed by atoms with E-state index in [1.807, 2.05) is 0 Å². The van der Waals surface area contributed by atoms with Crippen LogP contribution in [0, 0.1) is 5.82 Å². The number of hydrogen-bond acceptors (Lipinski definition) is 5. The Hall–Kier alpha value is -2.42. The van der Waals surface area contributed by atoms with Crippen LogP contribution in [0.3, 0.4) is 0 Å². The maximum Gasteiger partial charge on any atom is 0.513 e. The van der Waals surface area contributed by atoms with Gasteiger partial charge in [0.1, 0.15) is 11.5 Å². The normalized spacial score (nSPS) is 14.0. The van der Waals surface area contributed by atoms with Crippen LogP contribution in [0.4, 0.5) is 19.7 Å². The van der Waals surface area contributed by atoms with Crippen molar-refractivity contribution in [1.29, 1.82) is 0 Å². The molecular formula is C14H12BrFN2O5. The Bertz CT molecular complexity index is 743. The summed E-state index contributed by atoms with van der Waals surface area (Å²) in [5.41, 5.74) is 0.313. The topological polar surface area (TPSA) is 84.9 Å². The van der Waals surface area contributed by atoms with Crippen molar-refractivity contribution in [2.24, 2.45) is 0 Å². The fourth-order valence-electron chi connectivity index (χ4n) is 1.88. The lowest BCUT2D eigenvalue weighted by molar-refractivity contribution is -0.114. The van der Waals surface area contributed by atoms with Gasteiger partial charge in [0.2, 0.25) is 0 Å². The second-order valence-electron chi connectivity index (χ2n) is 4.74. The van der Waals surface area contributed by atoms with Gasteiger partial charge < -0.3 is 14.8 Å². The van der Waals surface area contributed by atoms with E-state index < -0.39 is 23.9 Å². The molecule has 0 bridgehead atoms. The number of amides is 3. The lowest BCUT2D eigenvalue weighted by atomic mass is 10.2. The molecule has 122 valence electrons. The van der Waals surface area contributed by atoms with Gasteiger partial charge in [0.15, 0.2) is 5.75 Å². The Labute approximate surface area is 139 Å². The van der Waals surface area contributed by atoms with Crippen LogP contribution in [0.5, 0.6) is 5.75 Å². The first-order valence-electron chi connectivity index (χ1n) is 6.34. The average molecular weight is 387 g/mol. The summed E-state index contributed by atoms with van der Waals surface area (Å²) in [6.45, 7) is 3.28. The van der Waals surface area contributed by atoms with E-state index in [1.54, 1.807) is 13.8 Å². The number of methoxy groups -OCH3 is 1. The summed E-state index contributed by atoms with van der Waals surface area (Å²) < 4.78 is 23.5. The molecule has 1 saturated heterocycles. The number of carbonyl (C=O) groups excluding carboxylic acids is 3. The second kappa shape index (κ2) is 6.37. The van der Waals surface area contributed by atoms with Crippen LogP contribution in [-0.2, 0) is 9.53 Å². The maximum atomic E-state index is 14.2. The third-order valence-electron chi connectivity index (χ3n) is 2.95. The van der Waals surface area contributed by atoms with Crippen molar-refractivity contribution in [3.8, 4) is 5.75 Å². The van der Waals surface area contributed by atoms with Gasteiger partial charge >= 0.3 is 12.2 Å². The van der Waals surface area contributed by atoms with Crippen LogP contribution >= 0.6 is 15.9 Å². The molecule has 1 fully saturated rings. The van der Waals surface area contributed by atoms with Crippen molar-refractivity contribution in [3.05, 3.63) is 33.7 Å². The number of nitrogens with zero attached hydrogens (tertiary/aromatic N) is 1. The van der Waals surface area contributed by atoms with Crippen molar-refractivity contribution >= 4 is 39.7 Å². The van der Waals surface area contributed by atoms with Crippen molar-refractivity contribution in [1.82, 2.24) is 5.32 Å². The van der Waals surface area contributed by atoms with Gasteiger partial charge in [-0.15, -0.1) is 0 Å². The van der Waals surface area contributed by atoms with Crippen molar-refractivity contribution < 1.29 is 28.2 Å². The molecule has 0 unspecified atom stereocenters. The lowest BCUT2D eigenvalue weighted by Crippen LogP contribution is -2.31. The number of rotatable bonds is 2. The summed E-state index contributed by atoms with van der Waals surface area (Å²) in [4.78, 5) is 36.1. The molecule has 0 spiro atoms. The number of allylic oxidation sites excluding steroid dienone is 1. The number of imide groups is 1. The van der Waals surface area contributed by atoms with Crippen molar-refractivity contribution in [2.45, 2.75) is 13.8 Å². The van der Waals surface area contributed by atoms with E-state index in [0.717, 1.165) is 19.2 Å². The molecule has 0 aromatic heterocycles. The predicted molar refractivity (Wildman–Crippen MR) is 81.5 cm³/mol. The molecular weight excluding hydrogens is 375 g/mol. The minimum absolute atomic E-state index is 0.0766. The Kier molecular flexibility index (Phi) is 4.69. The van der Waals surface area contributed by atoms with Gasteiger partial charge in [-0.1, -0.05) is 0 Å². The zero-order chi connectivity index (χ0) is 17.3. The number of ether oxygens (including phenoxy) is 2. The van der Waals surface area contributed by atoms with Crippen LogP contribution in [0.2, 0.25) is 0 Å². The Morgan fingerprint density at radius 3 is 2.48 bits per heavy atom. The smallest absolute Gasteiger partial charge is 0.437 e. The van der Waals surface area contributed by atoms with E-state index in [2.05, 4.69) is 26.0 Å². The first-order valence-corrected chi connectivity index (χ1v) is 7.13. The van der Waals surface area contributed by atoms with Gasteiger partial charge in [0, 0.05) is 6.07 Å². The summed E-state index contributed by atoms with van der Waals surface area (Å²) in [7, 11) is 1.11. The third-order valence-corrected chi connectivity index (χ3v) is 3.57.